The maximum atomic E-state index is 10.4. The van der Waals surface area contributed by atoms with E-state index in [1.54, 1.807) is 0 Å². The normalized spacial score (nSPS) is 14.2. The largest absolute Gasteiger partial charge is 0.480 e. The number of sulfonamides is 1. The van der Waals surface area contributed by atoms with Gasteiger partial charge in [0.2, 0.25) is 10.0 Å². The molecule has 72 valence electrons. The van der Waals surface area contributed by atoms with Gasteiger partial charge in [-0.25, -0.2) is 13.6 Å². The van der Waals surface area contributed by atoms with Crippen LogP contribution in [0.15, 0.2) is 0 Å². The maximum Gasteiger partial charge on any atom is 0.320 e. The van der Waals surface area contributed by atoms with Crippen LogP contribution in [0.3, 0.4) is 0 Å². The molecule has 0 aromatic heterocycles. The maximum absolute atomic E-state index is 10.4. The molecule has 0 amide bonds. The number of primary sulfonamides is 1. The number of carboxylic acids is 1. The molecule has 7 heteroatoms. The lowest BCUT2D eigenvalue weighted by Crippen LogP contribution is -2.37. The molecule has 4 N–H and O–H groups in total. The van der Waals surface area contributed by atoms with Crippen molar-refractivity contribution in [3.8, 4) is 0 Å². The Kier molecular flexibility index (Phi) is 4.15. The number of carboxylic acid groups (broad SMARTS) is 1. The van der Waals surface area contributed by atoms with Crippen molar-refractivity contribution < 1.29 is 18.3 Å². The molecule has 0 heterocycles. The van der Waals surface area contributed by atoms with Crippen molar-refractivity contribution in [3.63, 3.8) is 0 Å². The van der Waals surface area contributed by atoms with Gasteiger partial charge in [-0.05, 0) is 6.92 Å². The van der Waals surface area contributed by atoms with Crippen LogP contribution in [0.25, 0.3) is 0 Å². The van der Waals surface area contributed by atoms with Gasteiger partial charge in [0.15, 0.2) is 0 Å². The molecule has 0 saturated heterocycles. The van der Waals surface area contributed by atoms with Crippen molar-refractivity contribution in [1.29, 1.82) is 0 Å². The standard InChI is InChI=1S/C5H12N2O4S/c1-4(5(8)9)7-2-3-12(6,10)11/h4,7H,2-3H2,1H3,(H,8,9)(H2,6,10,11)/t4-/m1/s1. The molecule has 1 atom stereocenters. The molecule has 0 aromatic rings. The van der Waals surface area contributed by atoms with Crippen LogP contribution in [0, 0.1) is 0 Å². The van der Waals surface area contributed by atoms with E-state index in [2.05, 4.69) is 10.5 Å². The zero-order chi connectivity index (χ0) is 9.78. The predicted molar refractivity (Wildman–Crippen MR) is 43.1 cm³/mol. The Balaban J connectivity index is 3.65. The van der Waals surface area contributed by atoms with Gasteiger partial charge in [-0.2, -0.15) is 0 Å². The molecule has 0 spiro atoms. The van der Waals surface area contributed by atoms with E-state index in [0.29, 0.717) is 0 Å². The fourth-order valence-corrected chi connectivity index (χ4v) is 0.907. The summed E-state index contributed by atoms with van der Waals surface area (Å²) in [5.41, 5.74) is 0. The molecule has 0 aliphatic heterocycles. The molecule has 12 heavy (non-hydrogen) atoms. The highest BCUT2D eigenvalue weighted by Crippen LogP contribution is 1.81. The van der Waals surface area contributed by atoms with Gasteiger partial charge in [0.25, 0.3) is 0 Å². The molecule has 6 nitrogen and oxygen atoms in total. The Morgan fingerprint density at radius 3 is 2.50 bits per heavy atom. The Labute approximate surface area is 70.8 Å². The second-order valence-corrected chi connectivity index (χ2v) is 4.12. The average Bonchev–Trinajstić information content (AvgIpc) is 1.84. The van der Waals surface area contributed by atoms with E-state index in [1.807, 2.05) is 0 Å². The second-order valence-electron chi connectivity index (χ2n) is 2.38. The molecule has 0 aliphatic carbocycles. The van der Waals surface area contributed by atoms with Gasteiger partial charge in [0, 0.05) is 6.54 Å². The molecule has 0 saturated carbocycles. The SMILES string of the molecule is C[C@@H](NCCS(N)(=O)=O)C(=O)O. The summed E-state index contributed by atoms with van der Waals surface area (Å²) >= 11 is 0. The quantitative estimate of drug-likeness (QED) is 0.487. The molecule has 0 bridgehead atoms. The van der Waals surface area contributed by atoms with Gasteiger partial charge in [-0.3, -0.25) is 4.79 Å². The third kappa shape index (κ3) is 6.08. The Bertz CT molecular complexity index is 248. The fraction of sp³-hybridized carbons (Fsp3) is 0.800. The zero-order valence-corrected chi connectivity index (χ0v) is 7.47. The number of hydrogen-bond acceptors (Lipinski definition) is 4. The van der Waals surface area contributed by atoms with Crippen molar-refractivity contribution in [1.82, 2.24) is 5.32 Å². The summed E-state index contributed by atoms with van der Waals surface area (Å²) in [6, 6.07) is -0.758. The lowest BCUT2D eigenvalue weighted by molar-refractivity contribution is -0.138. The van der Waals surface area contributed by atoms with Crippen LogP contribution in [-0.4, -0.2) is 37.8 Å². The second kappa shape index (κ2) is 4.39. The summed E-state index contributed by atoms with van der Waals surface area (Å²) < 4.78 is 20.7. The highest BCUT2D eigenvalue weighted by molar-refractivity contribution is 7.89. The van der Waals surface area contributed by atoms with Crippen LogP contribution in [0.2, 0.25) is 0 Å². The molecule has 0 aliphatic rings. The van der Waals surface area contributed by atoms with Crippen molar-refractivity contribution >= 4 is 16.0 Å². The van der Waals surface area contributed by atoms with E-state index in [-0.39, 0.29) is 12.3 Å². The Morgan fingerprint density at radius 2 is 2.17 bits per heavy atom. The minimum Gasteiger partial charge on any atom is -0.480 e. The summed E-state index contributed by atoms with van der Waals surface area (Å²) in [5, 5.41) is 15.5. The van der Waals surface area contributed by atoms with Gasteiger partial charge in [-0.1, -0.05) is 0 Å². The first-order valence-corrected chi connectivity index (χ1v) is 5.01. The van der Waals surface area contributed by atoms with E-state index in [9.17, 15) is 13.2 Å². The Morgan fingerprint density at radius 1 is 1.67 bits per heavy atom. The predicted octanol–water partition coefficient (Wildman–Crippen LogP) is -1.66. The number of nitrogens with one attached hydrogen (secondary N) is 1. The van der Waals surface area contributed by atoms with E-state index in [1.165, 1.54) is 6.92 Å². The van der Waals surface area contributed by atoms with Crippen LogP contribution in [0.1, 0.15) is 6.92 Å². The molecule has 0 unspecified atom stereocenters. The third-order valence-corrected chi connectivity index (χ3v) is 1.98. The highest BCUT2D eigenvalue weighted by atomic mass is 32.2. The first kappa shape index (κ1) is 11.3. The molecular weight excluding hydrogens is 184 g/mol. The first-order chi connectivity index (χ1) is 5.33. The molecule has 0 aromatic carbocycles. The summed E-state index contributed by atoms with van der Waals surface area (Å²) in [6.07, 6.45) is 0. The third-order valence-electron chi connectivity index (χ3n) is 1.21. The highest BCUT2D eigenvalue weighted by Gasteiger charge is 2.10. The van der Waals surface area contributed by atoms with Gasteiger partial charge in [0.1, 0.15) is 6.04 Å². The lowest BCUT2D eigenvalue weighted by Gasteiger charge is -2.07. The van der Waals surface area contributed by atoms with Crippen LogP contribution in [0.4, 0.5) is 0 Å². The van der Waals surface area contributed by atoms with Gasteiger partial charge >= 0.3 is 5.97 Å². The smallest absolute Gasteiger partial charge is 0.320 e. The van der Waals surface area contributed by atoms with Crippen molar-refractivity contribution in [3.05, 3.63) is 0 Å². The molecule has 0 fully saturated rings. The van der Waals surface area contributed by atoms with Crippen LogP contribution >= 0.6 is 0 Å². The van der Waals surface area contributed by atoms with E-state index in [0.717, 1.165) is 0 Å². The van der Waals surface area contributed by atoms with E-state index >= 15 is 0 Å². The van der Waals surface area contributed by atoms with Crippen LogP contribution in [0.5, 0.6) is 0 Å². The monoisotopic (exact) mass is 196 g/mol. The summed E-state index contributed by atoms with van der Waals surface area (Å²) in [6.45, 7) is 1.47. The number of aliphatic carboxylic acids is 1. The minimum absolute atomic E-state index is 0.0479. The molecule has 0 rings (SSSR count). The zero-order valence-electron chi connectivity index (χ0n) is 6.65. The van der Waals surface area contributed by atoms with Crippen LogP contribution < -0.4 is 10.5 Å². The molecular formula is C5H12N2O4S. The summed E-state index contributed by atoms with van der Waals surface area (Å²) in [7, 11) is -3.50. The number of hydrogen-bond donors (Lipinski definition) is 3. The van der Waals surface area contributed by atoms with Gasteiger partial charge < -0.3 is 10.4 Å². The van der Waals surface area contributed by atoms with E-state index < -0.39 is 22.0 Å². The van der Waals surface area contributed by atoms with E-state index in [4.69, 9.17) is 5.11 Å². The summed E-state index contributed by atoms with van der Waals surface area (Å²) in [5.74, 6) is -1.28. The fourth-order valence-electron chi connectivity index (χ4n) is 0.505. The van der Waals surface area contributed by atoms with Crippen LogP contribution in [-0.2, 0) is 14.8 Å². The number of carbonyl (C=O) groups is 1. The van der Waals surface area contributed by atoms with Crippen molar-refractivity contribution in [2.75, 3.05) is 12.3 Å². The van der Waals surface area contributed by atoms with Gasteiger partial charge in [-0.15, -0.1) is 0 Å². The number of nitrogens with two attached hydrogens (primary N) is 1. The minimum atomic E-state index is -3.50. The summed E-state index contributed by atoms with van der Waals surface area (Å²) in [4.78, 5) is 10.2. The van der Waals surface area contributed by atoms with Crippen molar-refractivity contribution in [2.45, 2.75) is 13.0 Å². The van der Waals surface area contributed by atoms with Crippen molar-refractivity contribution in [2.24, 2.45) is 5.14 Å². The number of rotatable bonds is 5. The average molecular weight is 196 g/mol. The van der Waals surface area contributed by atoms with Gasteiger partial charge in [0.05, 0.1) is 5.75 Å². The first-order valence-electron chi connectivity index (χ1n) is 3.29. The molecule has 0 radical (unpaired) electrons. The Hall–Kier alpha value is -0.660. The lowest BCUT2D eigenvalue weighted by atomic mass is 10.3. The topological polar surface area (TPSA) is 109 Å².